The molecular weight excluding hydrogens is 524 g/mol. The first-order chi connectivity index (χ1) is 19.4. The average Bonchev–Trinajstić information content (AvgIpc) is 3.47. The summed E-state index contributed by atoms with van der Waals surface area (Å²) in [7, 11) is 1.59. The molecule has 214 valence electrons. The largest absolute Gasteiger partial charge is 0.497 e. The minimum atomic E-state index is -0.980. The number of carbonyl (C=O) groups excluding carboxylic acids is 2. The summed E-state index contributed by atoms with van der Waals surface area (Å²) in [6, 6.07) is 15.5. The minimum absolute atomic E-state index is 0.0492. The molecule has 0 saturated heterocycles. The normalized spacial score (nSPS) is 12.3. The molecular formula is C30H34N6O5. The molecule has 4 aromatic rings. The number of rotatable bonds is 10. The van der Waals surface area contributed by atoms with Gasteiger partial charge in [0.1, 0.15) is 23.8 Å². The Bertz CT molecular complexity index is 1610. The molecule has 1 atom stereocenters. The first kappa shape index (κ1) is 29.2. The van der Waals surface area contributed by atoms with Crippen molar-refractivity contribution in [2.75, 3.05) is 12.8 Å². The molecule has 1 amide bonds. The maximum atomic E-state index is 13.5. The highest BCUT2D eigenvalue weighted by atomic mass is 16.5. The van der Waals surface area contributed by atoms with Crippen molar-refractivity contribution in [3.8, 4) is 17.1 Å². The van der Waals surface area contributed by atoms with Crippen LogP contribution >= 0.6 is 0 Å². The number of ether oxygens (including phenoxy) is 1. The summed E-state index contributed by atoms with van der Waals surface area (Å²) in [5.74, 6) is -0.377. The molecule has 0 spiro atoms. The number of carbonyl (C=O) groups is 2. The van der Waals surface area contributed by atoms with E-state index in [0.29, 0.717) is 22.8 Å². The van der Waals surface area contributed by atoms with Gasteiger partial charge in [0.2, 0.25) is 17.6 Å². The number of nitrogens with one attached hydrogen (secondary N) is 1. The van der Waals surface area contributed by atoms with Crippen molar-refractivity contribution < 1.29 is 18.7 Å². The van der Waals surface area contributed by atoms with E-state index < -0.39 is 35.3 Å². The summed E-state index contributed by atoms with van der Waals surface area (Å²) in [5, 5.41) is 10.9. The lowest BCUT2D eigenvalue weighted by Gasteiger charge is -2.22. The maximum absolute atomic E-state index is 13.5. The van der Waals surface area contributed by atoms with E-state index in [1.165, 1.54) is 4.57 Å². The van der Waals surface area contributed by atoms with Gasteiger partial charge in [-0.25, -0.2) is 4.98 Å². The number of aromatic nitrogens is 4. The second-order valence-electron chi connectivity index (χ2n) is 10.6. The fourth-order valence-electron chi connectivity index (χ4n) is 4.37. The molecule has 3 N–H and O–H groups in total. The first-order valence-electron chi connectivity index (χ1n) is 13.2. The first-order valence-corrected chi connectivity index (χ1v) is 13.2. The number of nitrogens with zero attached hydrogens (tertiary/aromatic N) is 4. The molecule has 4 rings (SSSR count). The van der Waals surface area contributed by atoms with Crippen LogP contribution in [0.2, 0.25) is 0 Å². The standard InChI is InChI=1S/C30H34N6O5/c1-17(2)24(25(38)27-34-35-29(41-27)30(4,5)20-12-14-21(40-6)15-13-20)33-22(37)16-36-26(19-10-8-7-9-11-19)32-18(3)23(31)28(36)39/h7-15,17,24H,16,31H2,1-6H3,(H,33,37). The van der Waals surface area contributed by atoms with Crippen molar-refractivity contribution >= 4 is 17.4 Å². The Labute approximate surface area is 237 Å². The number of benzene rings is 2. The van der Waals surface area contributed by atoms with Gasteiger partial charge in [0.25, 0.3) is 11.4 Å². The van der Waals surface area contributed by atoms with E-state index in [2.05, 4.69) is 20.5 Å². The number of hydrogen-bond donors (Lipinski definition) is 2. The van der Waals surface area contributed by atoms with Gasteiger partial charge in [0, 0.05) is 5.56 Å². The number of Topliss-reactive ketones (excluding diaryl/α,β-unsaturated/α-hetero) is 1. The van der Waals surface area contributed by atoms with Crippen LogP contribution in [0, 0.1) is 12.8 Å². The molecule has 0 aliphatic heterocycles. The lowest BCUT2D eigenvalue weighted by Crippen LogP contribution is -2.46. The zero-order valence-corrected chi connectivity index (χ0v) is 24.0. The molecule has 41 heavy (non-hydrogen) atoms. The van der Waals surface area contributed by atoms with E-state index in [1.54, 1.807) is 52.1 Å². The molecule has 0 radical (unpaired) electrons. The van der Waals surface area contributed by atoms with Gasteiger partial charge in [-0.05, 0) is 44.4 Å². The van der Waals surface area contributed by atoms with Gasteiger partial charge in [-0.1, -0.05) is 56.3 Å². The van der Waals surface area contributed by atoms with Gasteiger partial charge in [0.15, 0.2) is 0 Å². The zero-order valence-electron chi connectivity index (χ0n) is 24.0. The van der Waals surface area contributed by atoms with Gasteiger partial charge in [0.05, 0.1) is 24.3 Å². The lowest BCUT2D eigenvalue weighted by molar-refractivity contribution is -0.122. The third kappa shape index (κ3) is 6.03. The summed E-state index contributed by atoms with van der Waals surface area (Å²) in [4.78, 5) is 44.2. The molecule has 1 unspecified atom stereocenters. The molecule has 11 nitrogen and oxygen atoms in total. The van der Waals surface area contributed by atoms with Crippen LogP contribution < -0.4 is 21.3 Å². The Hall–Kier alpha value is -4.80. The number of amides is 1. The van der Waals surface area contributed by atoms with Crippen LogP contribution in [-0.2, 0) is 16.8 Å². The number of nitrogen functional groups attached to an aromatic ring is 1. The van der Waals surface area contributed by atoms with Crippen molar-refractivity contribution in [3.63, 3.8) is 0 Å². The SMILES string of the molecule is COc1ccc(C(C)(C)c2nnc(C(=O)C(NC(=O)Cn3c(-c4ccccc4)nc(C)c(N)c3=O)C(C)C)o2)cc1. The second-order valence-corrected chi connectivity index (χ2v) is 10.6. The van der Waals surface area contributed by atoms with E-state index in [4.69, 9.17) is 14.9 Å². The molecule has 0 aliphatic rings. The molecule has 2 aromatic heterocycles. The number of ketones is 1. The van der Waals surface area contributed by atoms with Crippen LogP contribution in [0.25, 0.3) is 11.4 Å². The van der Waals surface area contributed by atoms with E-state index in [-0.39, 0.29) is 23.4 Å². The highest BCUT2D eigenvalue weighted by Crippen LogP contribution is 2.32. The smallest absolute Gasteiger partial charge is 0.286 e. The third-order valence-corrected chi connectivity index (χ3v) is 6.98. The minimum Gasteiger partial charge on any atom is -0.497 e. The highest BCUT2D eigenvalue weighted by molar-refractivity contribution is 5.98. The fourth-order valence-corrected chi connectivity index (χ4v) is 4.37. The summed E-state index contributed by atoms with van der Waals surface area (Å²) in [5.41, 5.74) is 6.58. The Kier molecular flexibility index (Phi) is 8.36. The van der Waals surface area contributed by atoms with Crippen molar-refractivity contribution in [2.45, 2.75) is 52.6 Å². The highest BCUT2D eigenvalue weighted by Gasteiger charge is 2.34. The van der Waals surface area contributed by atoms with Crippen LogP contribution in [0.3, 0.4) is 0 Å². The zero-order chi connectivity index (χ0) is 29.9. The van der Waals surface area contributed by atoms with Crippen molar-refractivity contribution in [3.05, 3.63) is 88.0 Å². The van der Waals surface area contributed by atoms with Crippen LogP contribution in [0.4, 0.5) is 5.69 Å². The van der Waals surface area contributed by atoms with Crippen molar-refractivity contribution in [1.29, 1.82) is 0 Å². The van der Waals surface area contributed by atoms with Gasteiger partial charge in [-0.2, -0.15) is 0 Å². The van der Waals surface area contributed by atoms with Gasteiger partial charge in [-0.15, -0.1) is 10.2 Å². The monoisotopic (exact) mass is 558 g/mol. The van der Waals surface area contributed by atoms with E-state index in [0.717, 1.165) is 5.56 Å². The molecule has 11 heteroatoms. The summed E-state index contributed by atoms with van der Waals surface area (Å²) >= 11 is 0. The maximum Gasteiger partial charge on any atom is 0.286 e. The van der Waals surface area contributed by atoms with Gasteiger partial charge in [-0.3, -0.25) is 19.0 Å². The molecule has 0 bridgehead atoms. The van der Waals surface area contributed by atoms with Crippen molar-refractivity contribution in [2.24, 2.45) is 5.92 Å². The number of nitrogens with two attached hydrogens (primary N) is 1. The predicted molar refractivity (Wildman–Crippen MR) is 154 cm³/mol. The topological polar surface area (TPSA) is 155 Å². The van der Waals surface area contributed by atoms with Gasteiger partial charge >= 0.3 is 0 Å². The predicted octanol–water partition coefficient (Wildman–Crippen LogP) is 3.54. The van der Waals surface area contributed by atoms with E-state index >= 15 is 0 Å². The fraction of sp³-hybridized carbons (Fsp3) is 0.333. The molecule has 0 aliphatic carbocycles. The van der Waals surface area contributed by atoms with E-state index in [9.17, 15) is 14.4 Å². The Morgan fingerprint density at radius 2 is 1.73 bits per heavy atom. The van der Waals surface area contributed by atoms with E-state index in [1.807, 2.05) is 44.2 Å². The third-order valence-electron chi connectivity index (χ3n) is 6.98. The van der Waals surface area contributed by atoms with Gasteiger partial charge < -0.3 is 20.2 Å². The van der Waals surface area contributed by atoms with Crippen LogP contribution in [0.15, 0.2) is 63.8 Å². The molecule has 0 saturated carbocycles. The number of anilines is 1. The van der Waals surface area contributed by atoms with Crippen LogP contribution in [-0.4, -0.2) is 44.6 Å². The quantitative estimate of drug-likeness (QED) is 0.278. The Morgan fingerprint density at radius 3 is 2.34 bits per heavy atom. The molecule has 0 fully saturated rings. The Balaban J connectivity index is 1.57. The summed E-state index contributed by atoms with van der Waals surface area (Å²) < 4.78 is 12.3. The number of hydrogen-bond acceptors (Lipinski definition) is 9. The lowest BCUT2D eigenvalue weighted by atomic mass is 9.84. The number of methoxy groups -OCH3 is 1. The van der Waals surface area contributed by atoms with Crippen LogP contribution in [0.1, 0.15) is 55.5 Å². The summed E-state index contributed by atoms with van der Waals surface area (Å²) in [6.07, 6.45) is 0. The summed E-state index contributed by atoms with van der Waals surface area (Å²) in [6.45, 7) is 8.62. The molecule has 2 heterocycles. The van der Waals surface area contributed by atoms with Crippen LogP contribution in [0.5, 0.6) is 5.75 Å². The molecule has 2 aromatic carbocycles. The average molecular weight is 559 g/mol. The van der Waals surface area contributed by atoms with Crippen molar-refractivity contribution in [1.82, 2.24) is 25.1 Å². The second kappa shape index (κ2) is 11.7. The number of aryl methyl sites for hydroxylation is 1. The Morgan fingerprint density at radius 1 is 1.07 bits per heavy atom.